The third kappa shape index (κ3) is 3.05. The Morgan fingerprint density at radius 3 is 2.40 bits per heavy atom. The second-order valence-corrected chi connectivity index (χ2v) is 4.48. The molecule has 1 heteroatoms. The predicted molar refractivity (Wildman–Crippen MR) is 64.0 cm³/mol. The summed E-state index contributed by atoms with van der Waals surface area (Å²) in [5, 5.41) is 0. The number of carbonyl (C=O) groups is 1. The molecule has 0 aliphatic rings. The highest BCUT2D eigenvalue weighted by Crippen LogP contribution is 2.27. The molecule has 1 nitrogen and oxygen atoms in total. The summed E-state index contributed by atoms with van der Waals surface area (Å²) < 4.78 is 0. The summed E-state index contributed by atoms with van der Waals surface area (Å²) in [7, 11) is 0. The first-order valence-corrected chi connectivity index (χ1v) is 5.19. The van der Waals surface area contributed by atoms with Gasteiger partial charge in [-0.2, -0.15) is 0 Å². The lowest BCUT2D eigenvalue weighted by Gasteiger charge is -2.23. The van der Waals surface area contributed by atoms with Gasteiger partial charge in [-0.15, -0.1) is 0 Å². The Balaban J connectivity index is 3.06. The molecular formula is C14H18O. The minimum atomic E-state index is -0.0863. The largest absolute Gasteiger partial charge is 0.295 e. The molecule has 0 aliphatic heterocycles. The summed E-state index contributed by atoms with van der Waals surface area (Å²) in [6.45, 7) is 7.91. The fourth-order valence-corrected chi connectivity index (χ4v) is 1.71. The summed E-state index contributed by atoms with van der Waals surface area (Å²) in [6, 6.07) is 8.27. The van der Waals surface area contributed by atoms with Gasteiger partial charge in [0, 0.05) is 5.41 Å². The van der Waals surface area contributed by atoms with Gasteiger partial charge in [0.1, 0.15) is 0 Å². The first kappa shape index (κ1) is 11.7. The van der Waals surface area contributed by atoms with Gasteiger partial charge < -0.3 is 0 Å². The van der Waals surface area contributed by atoms with E-state index in [9.17, 15) is 4.79 Å². The SMILES string of the molecule is CC(=O)/C=C/C(C)(C)c1ccccc1C. The molecule has 0 heterocycles. The van der Waals surface area contributed by atoms with E-state index in [1.165, 1.54) is 11.1 Å². The molecule has 0 bridgehead atoms. The molecule has 0 spiro atoms. The highest BCUT2D eigenvalue weighted by molar-refractivity contribution is 5.87. The van der Waals surface area contributed by atoms with Crippen LogP contribution in [0.25, 0.3) is 0 Å². The molecule has 0 saturated heterocycles. The van der Waals surface area contributed by atoms with Crippen molar-refractivity contribution in [1.82, 2.24) is 0 Å². The quantitative estimate of drug-likeness (QED) is 0.686. The van der Waals surface area contributed by atoms with Gasteiger partial charge >= 0.3 is 0 Å². The third-order valence-corrected chi connectivity index (χ3v) is 2.57. The van der Waals surface area contributed by atoms with Crippen molar-refractivity contribution in [3.8, 4) is 0 Å². The maximum absolute atomic E-state index is 10.9. The van der Waals surface area contributed by atoms with Crippen LogP contribution < -0.4 is 0 Å². The minimum absolute atomic E-state index is 0.0863. The normalized spacial score (nSPS) is 12.0. The number of aryl methyl sites for hydroxylation is 1. The van der Waals surface area contributed by atoms with Gasteiger partial charge in [-0.05, 0) is 31.1 Å². The summed E-state index contributed by atoms with van der Waals surface area (Å²) in [4.78, 5) is 10.9. The maximum atomic E-state index is 10.9. The van der Waals surface area contributed by atoms with Gasteiger partial charge in [-0.3, -0.25) is 4.79 Å². The van der Waals surface area contributed by atoms with Crippen molar-refractivity contribution in [2.45, 2.75) is 33.1 Å². The Morgan fingerprint density at radius 1 is 1.27 bits per heavy atom. The maximum Gasteiger partial charge on any atom is 0.152 e. The van der Waals surface area contributed by atoms with Crippen molar-refractivity contribution in [3.63, 3.8) is 0 Å². The van der Waals surface area contributed by atoms with E-state index in [1.807, 2.05) is 18.2 Å². The molecule has 0 aliphatic carbocycles. The van der Waals surface area contributed by atoms with Crippen LogP contribution in [-0.4, -0.2) is 5.78 Å². The lowest BCUT2D eigenvalue weighted by atomic mass is 9.81. The Kier molecular flexibility index (Phi) is 3.46. The van der Waals surface area contributed by atoms with Crippen LogP contribution >= 0.6 is 0 Å². The molecular weight excluding hydrogens is 184 g/mol. The summed E-state index contributed by atoms with van der Waals surface area (Å²) >= 11 is 0. The predicted octanol–water partition coefficient (Wildman–Crippen LogP) is 3.42. The lowest BCUT2D eigenvalue weighted by Crippen LogP contribution is -2.15. The average molecular weight is 202 g/mol. The lowest BCUT2D eigenvalue weighted by molar-refractivity contribution is -0.112. The van der Waals surface area contributed by atoms with E-state index in [2.05, 4.69) is 32.9 Å². The van der Waals surface area contributed by atoms with Crippen LogP contribution in [0.2, 0.25) is 0 Å². The fourth-order valence-electron chi connectivity index (χ4n) is 1.71. The summed E-state index contributed by atoms with van der Waals surface area (Å²) in [5.41, 5.74) is 2.44. The zero-order valence-corrected chi connectivity index (χ0v) is 9.87. The van der Waals surface area contributed by atoms with Crippen molar-refractivity contribution in [1.29, 1.82) is 0 Å². The molecule has 15 heavy (non-hydrogen) atoms. The topological polar surface area (TPSA) is 17.1 Å². The van der Waals surface area contributed by atoms with Gasteiger partial charge in [0.15, 0.2) is 5.78 Å². The van der Waals surface area contributed by atoms with E-state index in [0.29, 0.717) is 0 Å². The number of hydrogen-bond acceptors (Lipinski definition) is 1. The van der Waals surface area contributed by atoms with Gasteiger partial charge in [0.05, 0.1) is 0 Å². The molecule has 0 atom stereocenters. The molecule has 80 valence electrons. The van der Waals surface area contributed by atoms with Gasteiger partial charge in [0.25, 0.3) is 0 Å². The first-order valence-electron chi connectivity index (χ1n) is 5.19. The van der Waals surface area contributed by atoms with E-state index < -0.39 is 0 Å². The highest BCUT2D eigenvalue weighted by Gasteiger charge is 2.18. The van der Waals surface area contributed by atoms with Crippen LogP contribution in [-0.2, 0) is 10.2 Å². The Morgan fingerprint density at radius 2 is 1.87 bits per heavy atom. The molecule has 0 amide bonds. The molecule has 0 unspecified atom stereocenters. The van der Waals surface area contributed by atoms with Crippen molar-refractivity contribution in [2.24, 2.45) is 0 Å². The van der Waals surface area contributed by atoms with Crippen LogP contribution in [0.15, 0.2) is 36.4 Å². The van der Waals surface area contributed by atoms with E-state index in [1.54, 1.807) is 13.0 Å². The molecule has 0 N–H and O–H groups in total. The molecule has 0 fully saturated rings. The second-order valence-electron chi connectivity index (χ2n) is 4.48. The molecule has 0 radical (unpaired) electrons. The van der Waals surface area contributed by atoms with Crippen LogP contribution in [0.1, 0.15) is 31.9 Å². The number of rotatable bonds is 3. The Bertz CT molecular complexity index is 386. The van der Waals surface area contributed by atoms with Crippen molar-refractivity contribution in [2.75, 3.05) is 0 Å². The number of hydrogen-bond donors (Lipinski definition) is 0. The Hall–Kier alpha value is -1.37. The van der Waals surface area contributed by atoms with Gasteiger partial charge in [0.2, 0.25) is 0 Å². The highest BCUT2D eigenvalue weighted by atomic mass is 16.1. The zero-order valence-electron chi connectivity index (χ0n) is 9.87. The van der Waals surface area contributed by atoms with Crippen molar-refractivity contribution < 1.29 is 4.79 Å². The number of carbonyl (C=O) groups excluding carboxylic acids is 1. The van der Waals surface area contributed by atoms with Gasteiger partial charge in [-0.25, -0.2) is 0 Å². The Labute approximate surface area is 91.8 Å². The van der Waals surface area contributed by atoms with Crippen LogP contribution in [0.4, 0.5) is 0 Å². The smallest absolute Gasteiger partial charge is 0.152 e. The molecule has 1 rings (SSSR count). The number of ketones is 1. The fraction of sp³-hybridized carbons (Fsp3) is 0.357. The van der Waals surface area contributed by atoms with Crippen molar-refractivity contribution in [3.05, 3.63) is 47.5 Å². The van der Waals surface area contributed by atoms with E-state index in [-0.39, 0.29) is 11.2 Å². The van der Waals surface area contributed by atoms with Crippen LogP contribution in [0, 0.1) is 6.92 Å². The first-order chi connectivity index (χ1) is 6.93. The monoisotopic (exact) mass is 202 g/mol. The van der Waals surface area contributed by atoms with E-state index >= 15 is 0 Å². The van der Waals surface area contributed by atoms with Crippen molar-refractivity contribution >= 4 is 5.78 Å². The van der Waals surface area contributed by atoms with E-state index in [4.69, 9.17) is 0 Å². The molecule has 1 aromatic carbocycles. The second kappa shape index (κ2) is 4.43. The van der Waals surface area contributed by atoms with Gasteiger partial charge in [-0.1, -0.05) is 44.2 Å². The van der Waals surface area contributed by atoms with E-state index in [0.717, 1.165) is 0 Å². The molecule has 0 saturated carbocycles. The van der Waals surface area contributed by atoms with Crippen LogP contribution in [0.5, 0.6) is 0 Å². The summed E-state index contributed by atoms with van der Waals surface area (Å²) in [6.07, 6.45) is 3.62. The number of benzene rings is 1. The molecule has 1 aromatic rings. The standard InChI is InChI=1S/C14H18O/c1-11-7-5-6-8-13(11)14(3,4)10-9-12(2)15/h5-10H,1-4H3/b10-9+. The number of allylic oxidation sites excluding steroid dienone is 2. The minimum Gasteiger partial charge on any atom is -0.295 e. The third-order valence-electron chi connectivity index (χ3n) is 2.57. The summed E-state index contributed by atoms with van der Waals surface area (Å²) in [5.74, 6) is 0.0941. The molecule has 0 aromatic heterocycles. The average Bonchev–Trinajstić information content (AvgIpc) is 2.15. The van der Waals surface area contributed by atoms with Crippen LogP contribution in [0.3, 0.4) is 0 Å². The zero-order chi connectivity index (χ0) is 11.5.